The van der Waals surface area contributed by atoms with Crippen molar-refractivity contribution in [2.75, 3.05) is 19.8 Å². The lowest BCUT2D eigenvalue weighted by molar-refractivity contribution is -0.154. The molecular formula is C40H74O4. The second-order valence-corrected chi connectivity index (χ2v) is 12.6. The molecule has 1 N–H and O–H groups in total. The van der Waals surface area contributed by atoms with Gasteiger partial charge in [-0.2, -0.15) is 0 Å². The van der Waals surface area contributed by atoms with Gasteiger partial charge < -0.3 is 14.6 Å². The van der Waals surface area contributed by atoms with Gasteiger partial charge in [-0.25, -0.2) is 0 Å². The van der Waals surface area contributed by atoms with Crippen molar-refractivity contribution in [2.24, 2.45) is 0 Å². The van der Waals surface area contributed by atoms with Crippen LogP contribution < -0.4 is 0 Å². The summed E-state index contributed by atoms with van der Waals surface area (Å²) < 4.78 is 11.1. The Bertz CT molecular complexity index is 654. The monoisotopic (exact) mass is 619 g/mol. The van der Waals surface area contributed by atoms with Crippen LogP contribution in [0.1, 0.15) is 187 Å². The van der Waals surface area contributed by atoms with Gasteiger partial charge in [-0.3, -0.25) is 4.79 Å². The molecule has 0 bridgehead atoms. The largest absolute Gasteiger partial charge is 0.457 e. The van der Waals surface area contributed by atoms with E-state index in [0.29, 0.717) is 19.6 Å². The first-order valence-corrected chi connectivity index (χ1v) is 19.1. The normalized spacial score (nSPS) is 12.7. The summed E-state index contributed by atoms with van der Waals surface area (Å²) in [6.07, 6.45) is 46.2. The second-order valence-electron chi connectivity index (χ2n) is 12.6. The molecule has 0 aliphatic heterocycles. The number of ether oxygens (including phenoxy) is 2. The summed E-state index contributed by atoms with van der Waals surface area (Å²) in [5, 5.41) is 9.56. The number of aliphatic hydroxyl groups excluding tert-OH is 1. The van der Waals surface area contributed by atoms with Gasteiger partial charge in [0.25, 0.3) is 0 Å². The highest BCUT2D eigenvalue weighted by Gasteiger charge is 2.13. The van der Waals surface area contributed by atoms with Crippen LogP contribution in [0.5, 0.6) is 0 Å². The van der Waals surface area contributed by atoms with E-state index in [1.54, 1.807) is 0 Å². The summed E-state index contributed by atoms with van der Waals surface area (Å²) in [6.45, 7) is 5.23. The highest BCUT2D eigenvalue weighted by molar-refractivity contribution is 5.69. The third-order valence-corrected chi connectivity index (χ3v) is 8.23. The predicted molar refractivity (Wildman–Crippen MR) is 191 cm³/mol. The molecule has 0 aromatic rings. The van der Waals surface area contributed by atoms with Crippen molar-refractivity contribution in [2.45, 2.75) is 193 Å². The summed E-state index contributed by atoms with van der Waals surface area (Å²) in [5.74, 6) is -0.216. The van der Waals surface area contributed by atoms with Gasteiger partial charge in [-0.1, -0.05) is 172 Å². The fourth-order valence-electron chi connectivity index (χ4n) is 5.40. The van der Waals surface area contributed by atoms with E-state index in [9.17, 15) is 9.90 Å². The van der Waals surface area contributed by atoms with Crippen molar-refractivity contribution < 1.29 is 19.4 Å². The van der Waals surface area contributed by atoms with Crippen molar-refractivity contribution in [1.82, 2.24) is 0 Å². The molecule has 0 aromatic carbocycles. The quantitative estimate of drug-likeness (QED) is 0.0436. The van der Waals surface area contributed by atoms with Crippen LogP contribution >= 0.6 is 0 Å². The molecule has 0 amide bonds. The first-order chi connectivity index (χ1) is 21.7. The van der Waals surface area contributed by atoms with Gasteiger partial charge in [0, 0.05) is 13.0 Å². The van der Waals surface area contributed by atoms with Gasteiger partial charge in [0.15, 0.2) is 0 Å². The molecule has 0 saturated heterocycles. The fraction of sp³-hybridized carbons (Fsp3) is 0.825. The SMILES string of the molecule is CC/C=C\C/C=C\C/C=C\CCCCCCCC(=O)OC(CO)COCCCCCCCCCCCCCCCCCCC. The van der Waals surface area contributed by atoms with E-state index in [1.807, 2.05) is 0 Å². The lowest BCUT2D eigenvalue weighted by Crippen LogP contribution is -2.27. The number of hydrogen-bond donors (Lipinski definition) is 1. The minimum Gasteiger partial charge on any atom is -0.457 e. The summed E-state index contributed by atoms with van der Waals surface area (Å²) in [6, 6.07) is 0. The number of aliphatic hydroxyl groups is 1. The molecule has 1 unspecified atom stereocenters. The molecule has 0 saturated carbocycles. The van der Waals surface area contributed by atoms with Gasteiger partial charge in [-0.05, 0) is 44.9 Å². The summed E-state index contributed by atoms with van der Waals surface area (Å²) in [5.41, 5.74) is 0. The predicted octanol–water partition coefficient (Wildman–Crippen LogP) is 12.1. The number of allylic oxidation sites excluding steroid dienone is 6. The summed E-state index contributed by atoms with van der Waals surface area (Å²) in [4.78, 5) is 12.1. The molecular weight excluding hydrogens is 544 g/mol. The van der Waals surface area contributed by atoms with E-state index >= 15 is 0 Å². The van der Waals surface area contributed by atoms with Crippen molar-refractivity contribution in [3.05, 3.63) is 36.5 Å². The third-order valence-electron chi connectivity index (χ3n) is 8.23. The number of carbonyl (C=O) groups excluding carboxylic acids is 1. The average molecular weight is 619 g/mol. The van der Waals surface area contributed by atoms with E-state index in [0.717, 1.165) is 51.4 Å². The second kappa shape index (κ2) is 37.8. The Labute approximate surface area is 274 Å². The topological polar surface area (TPSA) is 55.8 Å². The first-order valence-electron chi connectivity index (χ1n) is 19.1. The van der Waals surface area contributed by atoms with E-state index in [2.05, 4.69) is 50.3 Å². The van der Waals surface area contributed by atoms with Crippen LogP contribution in [0.4, 0.5) is 0 Å². The van der Waals surface area contributed by atoms with Crippen molar-refractivity contribution in [1.29, 1.82) is 0 Å². The fourth-order valence-corrected chi connectivity index (χ4v) is 5.40. The van der Waals surface area contributed by atoms with E-state index in [1.165, 1.54) is 116 Å². The molecule has 4 nitrogen and oxygen atoms in total. The molecule has 0 aliphatic carbocycles. The standard InChI is InChI=1S/C40H74O4/c1-3-5-7-9-11-13-15-17-19-20-22-24-26-28-30-32-34-36-43-38-39(37-41)44-40(42)35-33-31-29-27-25-23-21-18-16-14-12-10-8-6-4-2/h6,8,12,14,18,21,39,41H,3-5,7,9-11,13,15-17,19-20,22-38H2,1-2H3/b8-6-,14-12-,21-18-. The first kappa shape index (κ1) is 42.6. The zero-order valence-electron chi connectivity index (χ0n) is 29.4. The highest BCUT2D eigenvalue weighted by atomic mass is 16.6. The van der Waals surface area contributed by atoms with Gasteiger partial charge >= 0.3 is 5.97 Å². The van der Waals surface area contributed by atoms with Crippen LogP contribution in [0.25, 0.3) is 0 Å². The third kappa shape index (κ3) is 35.1. The minimum atomic E-state index is -0.539. The highest BCUT2D eigenvalue weighted by Crippen LogP contribution is 2.14. The van der Waals surface area contributed by atoms with E-state index in [-0.39, 0.29) is 12.6 Å². The molecule has 44 heavy (non-hydrogen) atoms. The Hall–Kier alpha value is -1.39. The molecule has 1 atom stereocenters. The summed E-state index contributed by atoms with van der Waals surface area (Å²) >= 11 is 0. The molecule has 0 heterocycles. The van der Waals surface area contributed by atoms with E-state index < -0.39 is 6.10 Å². The van der Waals surface area contributed by atoms with Crippen molar-refractivity contribution >= 4 is 5.97 Å². The van der Waals surface area contributed by atoms with Crippen LogP contribution in [0, 0.1) is 0 Å². The molecule has 0 spiro atoms. The van der Waals surface area contributed by atoms with Gasteiger partial charge in [-0.15, -0.1) is 0 Å². The van der Waals surface area contributed by atoms with Crippen LogP contribution in [-0.4, -0.2) is 37.0 Å². The minimum absolute atomic E-state index is 0.177. The molecule has 0 fully saturated rings. The van der Waals surface area contributed by atoms with Crippen molar-refractivity contribution in [3.8, 4) is 0 Å². The number of hydrogen-bond acceptors (Lipinski definition) is 4. The number of carbonyl (C=O) groups is 1. The molecule has 258 valence electrons. The molecule has 0 aromatic heterocycles. The lowest BCUT2D eigenvalue weighted by Gasteiger charge is -2.15. The Morgan fingerprint density at radius 1 is 0.568 bits per heavy atom. The van der Waals surface area contributed by atoms with Crippen LogP contribution in [0.15, 0.2) is 36.5 Å². The zero-order valence-corrected chi connectivity index (χ0v) is 29.4. The van der Waals surface area contributed by atoms with E-state index in [4.69, 9.17) is 9.47 Å². The van der Waals surface area contributed by atoms with Crippen LogP contribution in [0.2, 0.25) is 0 Å². The Morgan fingerprint density at radius 3 is 1.55 bits per heavy atom. The van der Waals surface area contributed by atoms with Gasteiger partial charge in [0.1, 0.15) is 6.10 Å². The van der Waals surface area contributed by atoms with Gasteiger partial charge in [0.05, 0.1) is 13.2 Å². The Morgan fingerprint density at radius 2 is 1.02 bits per heavy atom. The van der Waals surface area contributed by atoms with Crippen LogP contribution in [0.3, 0.4) is 0 Å². The van der Waals surface area contributed by atoms with Crippen molar-refractivity contribution in [3.63, 3.8) is 0 Å². The smallest absolute Gasteiger partial charge is 0.306 e. The molecule has 0 rings (SSSR count). The maximum Gasteiger partial charge on any atom is 0.306 e. The molecule has 0 radical (unpaired) electrons. The maximum atomic E-state index is 12.1. The Balaban J connectivity index is 3.44. The van der Waals surface area contributed by atoms with Crippen LogP contribution in [-0.2, 0) is 14.3 Å². The average Bonchev–Trinajstić information content (AvgIpc) is 3.03. The lowest BCUT2D eigenvalue weighted by atomic mass is 10.0. The molecule has 4 heteroatoms. The summed E-state index contributed by atoms with van der Waals surface area (Å²) in [7, 11) is 0. The number of unbranched alkanes of at least 4 members (excludes halogenated alkanes) is 21. The zero-order chi connectivity index (χ0) is 32.0. The number of rotatable bonds is 35. The molecule has 0 aliphatic rings. The van der Waals surface area contributed by atoms with Gasteiger partial charge in [0.2, 0.25) is 0 Å². The maximum absolute atomic E-state index is 12.1. The Kier molecular flexibility index (Phi) is 36.6. The number of esters is 1.